The van der Waals surface area contributed by atoms with E-state index in [0.29, 0.717) is 22.4 Å². The second kappa shape index (κ2) is 12.2. The van der Waals surface area contributed by atoms with E-state index in [9.17, 15) is 4.79 Å². The molecule has 5 nitrogen and oxygen atoms in total. The molecule has 192 valence electrons. The van der Waals surface area contributed by atoms with Gasteiger partial charge in [-0.15, -0.1) is 0 Å². The summed E-state index contributed by atoms with van der Waals surface area (Å²) in [6, 6.07) is 28.0. The highest BCUT2D eigenvalue weighted by molar-refractivity contribution is 8.26. The number of nitrogens with zero attached hydrogens (tertiary/aromatic N) is 3. The first-order chi connectivity index (χ1) is 18.6. The molecule has 0 bridgehead atoms. The zero-order chi connectivity index (χ0) is 26.3. The van der Waals surface area contributed by atoms with E-state index in [1.807, 2.05) is 102 Å². The van der Waals surface area contributed by atoms with Gasteiger partial charge >= 0.3 is 0 Å². The number of hydrogen-bond acceptors (Lipinski definition) is 5. The van der Waals surface area contributed by atoms with Gasteiger partial charge in [0.2, 0.25) is 0 Å². The first-order valence-electron chi connectivity index (χ1n) is 12.8. The lowest BCUT2D eigenvalue weighted by molar-refractivity contribution is -0.122. The Labute approximate surface area is 233 Å². The maximum atomic E-state index is 13.2. The SMILES string of the molecule is CCCCCN1C(=O)C(=Cc2cn(-c3ccccc3)nc2-c2ccc(OCc3ccccc3)cc2)SC1=S. The Morgan fingerprint density at radius 1 is 0.947 bits per heavy atom. The summed E-state index contributed by atoms with van der Waals surface area (Å²) in [7, 11) is 0. The molecule has 0 aliphatic carbocycles. The molecule has 1 aliphatic heterocycles. The molecule has 7 heteroatoms. The molecular formula is C31H29N3O2S2. The summed E-state index contributed by atoms with van der Waals surface area (Å²) in [4.78, 5) is 15.5. The minimum Gasteiger partial charge on any atom is -0.489 e. The number of benzene rings is 3. The van der Waals surface area contributed by atoms with E-state index in [4.69, 9.17) is 22.1 Å². The molecule has 1 aromatic heterocycles. The third kappa shape index (κ3) is 6.06. The zero-order valence-corrected chi connectivity index (χ0v) is 22.9. The zero-order valence-electron chi connectivity index (χ0n) is 21.2. The number of unbranched alkanes of at least 4 members (excludes halogenated alkanes) is 2. The van der Waals surface area contributed by atoms with Crippen LogP contribution in [0.4, 0.5) is 0 Å². The van der Waals surface area contributed by atoms with E-state index < -0.39 is 0 Å². The predicted octanol–water partition coefficient (Wildman–Crippen LogP) is 7.51. The van der Waals surface area contributed by atoms with E-state index in [1.54, 1.807) is 4.90 Å². The Kier molecular flexibility index (Phi) is 8.36. The van der Waals surface area contributed by atoms with Crippen LogP contribution in [0.1, 0.15) is 37.3 Å². The van der Waals surface area contributed by atoms with Crippen molar-refractivity contribution < 1.29 is 9.53 Å². The standard InChI is InChI=1S/C31H29N3O2S2/c1-2-3-10-19-33-30(35)28(38-31(33)37)20-25-21-34(26-13-8-5-9-14-26)32-29(25)24-15-17-27(18-16-24)36-22-23-11-6-4-7-12-23/h4-9,11-18,20-21H,2-3,10,19,22H2,1H3. The molecule has 0 spiro atoms. The van der Waals surface area contributed by atoms with Crippen molar-refractivity contribution >= 4 is 40.3 Å². The van der Waals surface area contributed by atoms with Crippen LogP contribution in [0.25, 0.3) is 23.0 Å². The second-order valence-corrected chi connectivity index (χ2v) is 10.7. The number of aromatic nitrogens is 2. The van der Waals surface area contributed by atoms with Gasteiger partial charge in [-0.05, 0) is 54.5 Å². The molecule has 1 saturated heterocycles. The van der Waals surface area contributed by atoms with Crippen molar-refractivity contribution in [2.24, 2.45) is 0 Å². The van der Waals surface area contributed by atoms with Gasteiger partial charge in [0, 0.05) is 23.9 Å². The van der Waals surface area contributed by atoms with Crippen molar-refractivity contribution in [1.29, 1.82) is 0 Å². The van der Waals surface area contributed by atoms with E-state index in [0.717, 1.165) is 53.1 Å². The minimum absolute atomic E-state index is 0.0285. The van der Waals surface area contributed by atoms with Crippen molar-refractivity contribution in [2.75, 3.05) is 6.54 Å². The van der Waals surface area contributed by atoms with Crippen LogP contribution < -0.4 is 4.74 Å². The lowest BCUT2D eigenvalue weighted by Crippen LogP contribution is -2.28. The average Bonchev–Trinajstić information content (AvgIpc) is 3.49. The summed E-state index contributed by atoms with van der Waals surface area (Å²) < 4.78 is 8.44. The maximum absolute atomic E-state index is 13.2. The number of rotatable bonds is 10. The van der Waals surface area contributed by atoms with Crippen molar-refractivity contribution in [3.63, 3.8) is 0 Å². The molecule has 1 aliphatic rings. The van der Waals surface area contributed by atoms with Gasteiger partial charge in [0.25, 0.3) is 5.91 Å². The number of carbonyl (C=O) groups is 1. The van der Waals surface area contributed by atoms with E-state index in [1.165, 1.54) is 11.8 Å². The van der Waals surface area contributed by atoms with Gasteiger partial charge in [-0.1, -0.05) is 92.3 Å². The van der Waals surface area contributed by atoms with Crippen LogP contribution in [0.2, 0.25) is 0 Å². The van der Waals surface area contributed by atoms with Crippen LogP contribution in [0.3, 0.4) is 0 Å². The molecular weight excluding hydrogens is 510 g/mol. The number of thiocarbonyl (C=S) groups is 1. The molecule has 0 atom stereocenters. The van der Waals surface area contributed by atoms with Gasteiger partial charge in [0.15, 0.2) is 0 Å². The normalized spacial score (nSPS) is 14.4. The Bertz CT molecular complexity index is 1430. The van der Waals surface area contributed by atoms with Crippen LogP contribution >= 0.6 is 24.0 Å². The van der Waals surface area contributed by atoms with Crippen molar-refractivity contribution in [2.45, 2.75) is 32.8 Å². The molecule has 4 aromatic rings. The summed E-state index contributed by atoms with van der Waals surface area (Å²) in [5.41, 5.74) is 4.66. The van der Waals surface area contributed by atoms with Crippen molar-refractivity contribution in [3.8, 4) is 22.7 Å². The first-order valence-corrected chi connectivity index (χ1v) is 14.0. The van der Waals surface area contributed by atoms with Crippen LogP contribution in [0, 0.1) is 0 Å². The van der Waals surface area contributed by atoms with Gasteiger partial charge in [-0.2, -0.15) is 5.10 Å². The smallest absolute Gasteiger partial charge is 0.266 e. The topological polar surface area (TPSA) is 47.4 Å². The Morgan fingerprint density at radius 3 is 2.37 bits per heavy atom. The average molecular weight is 540 g/mol. The maximum Gasteiger partial charge on any atom is 0.266 e. The fourth-order valence-electron chi connectivity index (χ4n) is 4.23. The molecule has 0 N–H and O–H groups in total. The molecule has 2 heterocycles. The summed E-state index contributed by atoms with van der Waals surface area (Å²) in [5.74, 6) is 0.758. The van der Waals surface area contributed by atoms with E-state index >= 15 is 0 Å². The lowest BCUT2D eigenvalue weighted by Gasteiger charge is -2.13. The second-order valence-electron chi connectivity index (χ2n) is 9.05. The summed E-state index contributed by atoms with van der Waals surface area (Å²) in [6.45, 7) is 3.32. The van der Waals surface area contributed by atoms with Gasteiger partial charge in [0.05, 0.1) is 16.3 Å². The highest BCUT2D eigenvalue weighted by Gasteiger charge is 2.32. The quantitative estimate of drug-likeness (QED) is 0.119. The highest BCUT2D eigenvalue weighted by atomic mass is 32.2. The largest absolute Gasteiger partial charge is 0.489 e. The van der Waals surface area contributed by atoms with Gasteiger partial charge in [-0.25, -0.2) is 4.68 Å². The van der Waals surface area contributed by atoms with Crippen molar-refractivity contribution in [1.82, 2.24) is 14.7 Å². The molecule has 0 saturated carbocycles. The van der Waals surface area contributed by atoms with Crippen LogP contribution in [-0.4, -0.2) is 31.5 Å². The predicted molar refractivity (Wildman–Crippen MR) is 159 cm³/mol. The van der Waals surface area contributed by atoms with Gasteiger partial charge in [0.1, 0.15) is 16.7 Å². The Morgan fingerprint density at radius 2 is 1.66 bits per heavy atom. The number of thioether (sulfide) groups is 1. The van der Waals surface area contributed by atoms with Crippen LogP contribution in [0.15, 0.2) is 96.0 Å². The minimum atomic E-state index is -0.0285. The lowest BCUT2D eigenvalue weighted by atomic mass is 10.1. The number of ether oxygens (including phenoxy) is 1. The third-order valence-electron chi connectivity index (χ3n) is 6.28. The summed E-state index contributed by atoms with van der Waals surface area (Å²) >= 11 is 6.90. The molecule has 1 fully saturated rings. The molecule has 1 amide bonds. The molecule has 5 rings (SSSR count). The number of carbonyl (C=O) groups excluding carboxylic acids is 1. The fourth-order valence-corrected chi connectivity index (χ4v) is 5.53. The highest BCUT2D eigenvalue weighted by Crippen LogP contribution is 2.35. The summed E-state index contributed by atoms with van der Waals surface area (Å²) in [6.07, 6.45) is 7.01. The number of hydrogen-bond donors (Lipinski definition) is 0. The molecule has 38 heavy (non-hydrogen) atoms. The van der Waals surface area contributed by atoms with Gasteiger partial charge in [-0.3, -0.25) is 9.69 Å². The number of para-hydroxylation sites is 1. The monoisotopic (exact) mass is 539 g/mol. The Hall–Kier alpha value is -3.68. The molecule has 3 aromatic carbocycles. The molecule has 0 unspecified atom stereocenters. The van der Waals surface area contributed by atoms with E-state index in [2.05, 4.69) is 6.92 Å². The van der Waals surface area contributed by atoms with Crippen LogP contribution in [-0.2, 0) is 11.4 Å². The Balaban J connectivity index is 1.43. The van der Waals surface area contributed by atoms with Gasteiger partial charge < -0.3 is 4.74 Å². The molecule has 0 radical (unpaired) electrons. The number of amides is 1. The third-order valence-corrected chi connectivity index (χ3v) is 7.66. The van der Waals surface area contributed by atoms with E-state index in [-0.39, 0.29) is 5.91 Å². The van der Waals surface area contributed by atoms with Crippen molar-refractivity contribution in [3.05, 3.63) is 107 Å². The van der Waals surface area contributed by atoms with Crippen LogP contribution in [0.5, 0.6) is 5.75 Å². The first kappa shape index (κ1) is 25.9. The fraction of sp³-hybridized carbons (Fsp3) is 0.194. The summed E-state index contributed by atoms with van der Waals surface area (Å²) in [5, 5.41) is 4.90.